The first kappa shape index (κ1) is 19.7. The van der Waals surface area contributed by atoms with Crippen LogP contribution in [0, 0.1) is 3.70 Å². The summed E-state index contributed by atoms with van der Waals surface area (Å²) in [6.45, 7) is 5.22. The molecule has 0 aliphatic rings. The number of hydrogen-bond donors (Lipinski definition) is 1. The smallest absolute Gasteiger partial charge is 0.130 e. The number of fused-ring (bicyclic) bond motifs is 1. The topological polar surface area (TPSA) is 65.0 Å². The van der Waals surface area contributed by atoms with Crippen LogP contribution in [0.2, 0.25) is 0 Å². The molecule has 2 aromatic heterocycles. The Bertz CT molecular complexity index is 1150. The van der Waals surface area contributed by atoms with E-state index < -0.39 is 0 Å². The molecule has 6 nitrogen and oxygen atoms in total. The van der Waals surface area contributed by atoms with Gasteiger partial charge in [-0.15, -0.1) is 0 Å². The molecule has 7 heteroatoms. The van der Waals surface area contributed by atoms with Gasteiger partial charge in [-0.2, -0.15) is 10.2 Å². The molecule has 0 saturated carbocycles. The first-order valence-corrected chi connectivity index (χ1v) is 10.3. The van der Waals surface area contributed by atoms with Crippen LogP contribution in [0.4, 0.5) is 0 Å². The van der Waals surface area contributed by atoms with Crippen LogP contribution in [0.3, 0.4) is 0 Å². The molecule has 29 heavy (non-hydrogen) atoms. The molecule has 4 rings (SSSR count). The largest absolute Gasteiger partial charge is 0.491 e. The number of nitrogens with one attached hydrogen (secondary N) is 1. The molecule has 0 aliphatic heterocycles. The third-order valence-electron chi connectivity index (χ3n) is 4.75. The predicted octanol–water partition coefficient (Wildman–Crippen LogP) is 4.81. The highest BCUT2D eigenvalue weighted by molar-refractivity contribution is 14.1. The Morgan fingerprint density at radius 2 is 2.07 bits per heavy atom. The maximum atomic E-state index is 5.88. The zero-order valence-corrected chi connectivity index (χ0v) is 18.2. The molecule has 2 aromatic carbocycles. The zero-order chi connectivity index (χ0) is 20.2. The monoisotopic (exact) mass is 500 g/mol. The molecule has 0 radical (unpaired) electrons. The Hall–Kier alpha value is -2.65. The van der Waals surface area contributed by atoms with Gasteiger partial charge in [-0.1, -0.05) is 36.9 Å². The molecule has 0 saturated heterocycles. The lowest BCUT2D eigenvalue weighted by atomic mass is 10.0. The maximum absolute atomic E-state index is 5.88. The van der Waals surface area contributed by atoms with Gasteiger partial charge in [0, 0.05) is 23.6 Å². The minimum absolute atomic E-state index is 0.457. The first-order valence-electron chi connectivity index (χ1n) is 9.24. The van der Waals surface area contributed by atoms with Crippen molar-refractivity contribution in [2.75, 3.05) is 13.2 Å². The van der Waals surface area contributed by atoms with Crippen molar-refractivity contribution in [3.05, 3.63) is 70.2 Å². The Balaban J connectivity index is 1.41. The number of halogens is 1. The van der Waals surface area contributed by atoms with Gasteiger partial charge in [0.15, 0.2) is 0 Å². The van der Waals surface area contributed by atoms with Crippen molar-refractivity contribution >= 4 is 39.6 Å². The maximum Gasteiger partial charge on any atom is 0.130 e. The molecule has 0 unspecified atom stereocenters. The molecule has 0 atom stereocenters. The van der Waals surface area contributed by atoms with Crippen LogP contribution in [0.15, 0.2) is 55.2 Å². The van der Waals surface area contributed by atoms with E-state index in [1.54, 1.807) is 6.08 Å². The van der Waals surface area contributed by atoms with Gasteiger partial charge < -0.3 is 9.47 Å². The highest BCUT2D eigenvalue weighted by Gasteiger charge is 2.13. The fourth-order valence-electron chi connectivity index (χ4n) is 3.18. The van der Waals surface area contributed by atoms with Crippen molar-refractivity contribution in [2.45, 2.75) is 6.61 Å². The number of aryl methyl sites for hydroxylation is 1. The molecule has 2 heterocycles. The van der Waals surface area contributed by atoms with Gasteiger partial charge in [0.05, 0.1) is 30.6 Å². The molecule has 0 amide bonds. The molecule has 0 aliphatic carbocycles. The molecular weight excluding hydrogens is 479 g/mol. The summed E-state index contributed by atoms with van der Waals surface area (Å²) in [5.41, 5.74) is 5.18. The number of hydrogen-bond acceptors (Lipinski definition) is 4. The Morgan fingerprint density at radius 3 is 2.93 bits per heavy atom. The molecule has 4 aromatic rings. The van der Waals surface area contributed by atoms with Crippen molar-refractivity contribution in [1.29, 1.82) is 0 Å². The van der Waals surface area contributed by atoms with Crippen molar-refractivity contribution in [3.63, 3.8) is 0 Å². The summed E-state index contributed by atoms with van der Waals surface area (Å²) in [7, 11) is 1.93. The molecule has 148 valence electrons. The number of nitrogens with zero attached hydrogens (tertiary/aromatic N) is 3. The van der Waals surface area contributed by atoms with Crippen LogP contribution in [0.1, 0.15) is 11.3 Å². The average Bonchev–Trinajstić information content (AvgIpc) is 3.30. The summed E-state index contributed by atoms with van der Waals surface area (Å²) < 4.78 is 14.5. The lowest BCUT2D eigenvalue weighted by Gasteiger charge is -2.11. The number of aromatic amines is 1. The van der Waals surface area contributed by atoms with E-state index in [4.69, 9.17) is 9.47 Å². The average molecular weight is 500 g/mol. The second kappa shape index (κ2) is 8.79. The SMILES string of the molecule is C=Cc1ccccc1OCCOCc1c(-c2ccc3[nH]nc(I)c3c2)cnn1C. The third-order valence-corrected chi connectivity index (χ3v) is 5.57. The van der Waals surface area contributed by atoms with E-state index in [-0.39, 0.29) is 0 Å². The minimum atomic E-state index is 0.457. The summed E-state index contributed by atoms with van der Waals surface area (Å²) in [5.74, 6) is 0.815. The molecule has 1 N–H and O–H groups in total. The number of rotatable bonds is 8. The van der Waals surface area contributed by atoms with Crippen LogP contribution in [-0.4, -0.2) is 33.2 Å². The summed E-state index contributed by atoms with van der Waals surface area (Å²) in [6, 6.07) is 14.1. The number of benzene rings is 2. The summed E-state index contributed by atoms with van der Waals surface area (Å²) in [6.07, 6.45) is 3.67. The molecule has 0 fully saturated rings. The van der Waals surface area contributed by atoms with Gasteiger partial charge in [0.25, 0.3) is 0 Å². The number of ether oxygens (including phenoxy) is 2. The Morgan fingerprint density at radius 1 is 1.21 bits per heavy atom. The van der Waals surface area contributed by atoms with Crippen LogP contribution >= 0.6 is 22.6 Å². The predicted molar refractivity (Wildman–Crippen MR) is 123 cm³/mol. The lowest BCUT2D eigenvalue weighted by Crippen LogP contribution is -2.09. The van der Waals surface area contributed by atoms with Gasteiger partial charge in [0.2, 0.25) is 0 Å². The summed E-state index contributed by atoms with van der Waals surface area (Å²) in [4.78, 5) is 0. The third kappa shape index (κ3) is 4.20. The van der Waals surface area contributed by atoms with E-state index in [9.17, 15) is 0 Å². The van der Waals surface area contributed by atoms with Crippen LogP contribution in [0.5, 0.6) is 5.75 Å². The lowest BCUT2D eigenvalue weighted by molar-refractivity contribution is 0.0853. The first-order chi connectivity index (χ1) is 14.2. The van der Waals surface area contributed by atoms with Crippen molar-refractivity contribution in [3.8, 4) is 16.9 Å². The molecule has 0 bridgehead atoms. The van der Waals surface area contributed by atoms with Gasteiger partial charge in [0.1, 0.15) is 16.1 Å². The number of para-hydroxylation sites is 1. The second-order valence-electron chi connectivity index (χ2n) is 6.55. The summed E-state index contributed by atoms with van der Waals surface area (Å²) in [5, 5.41) is 12.8. The van der Waals surface area contributed by atoms with E-state index in [0.717, 1.165) is 42.7 Å². The fourth-order valence-corrected chi connectivity index (χ4v) is 3.75. The highest BCUT2D eigenvalue weighted by Crippen LogP contribution is 2.28. The Labute approximate surface area is 182 Å². The van der Waals surface area contributed by atoms with E-state index in [2.05, 4.69) is 56.6 Å². The van der Waals surface area contributed by atoms with Gasteiger partial charge in [-0.05, 0) is 46.4 Å². The van der Waals surface area contributed by atoms with Crippen LogP contribution in [-0.2, 0) is 18.4 Å². The van der Waals surface area contributed by atoms with E-state index in [0.29, 0.717) is 19.8 Å². The Kier molecular flexibility index (Phi) is 5.96. The van der Waals surface area contributed by atoms with Gasteiger partial charge in [-0.25, -0.2) is 0 Å². The van der Waals surface area contributed by atoms with E-state index in [1.807, 2.05) is 48.3 Å². The van der Waals surface area contributed by atoms with Crippen molar-refractivity contribution in [2.24, 2.45) is 7.05 Å². The minimum Gasteiger partial charge on any atom is -0.491 e. The molecule has 0 spiro atoms. The normalized spacial score (nSPS) is 11.1. The fraction of sp³-hybridized carbons (Fsp3) is 0.182. The standard InChI is InChI=1S/C22H21IN4O2/c1-3-15-6-4-5-7-21(15)29-11-10-28-14-20-18(13-24-27(20)2)16-8-9-19-17(12-16)22(23)26-25-19/h3-9,12-13H,1,10-11,14H2,2H3,(H,25,26). The number of aromatic nitrogens is 4. The van der Waals surface area contributed by atoms with E-state index in [1.165, 1.54) is 0 Å². The quantitative estimate of drug-likeness (QED) is 0.279. The number of H-pyrrole nitrogens is 1. The molecular formula is C22H21IN4O2. The van der Waals surface area contributed by atoms with Gasteiger partial charge in [-0.3, -0.25) is 9.78 Å². The highest BCUT2D eigenvalue weighted by atomic mass is 127. The zero-order valence-electron chi connectivity index (χ0n) is 16.1. The van der Waals surface area contributed by atoms with Crippen molar-refractivity contribution < 1.29 is 9.47 Å². The van der Waals surface area contributed by atoms with Crippen molar-refractivity contribution in [1.82, 2.24) is 20.0 Å². The second-order valence-corrected chi connectivity index (χ2v) is 7.57. The van der Waals surface area contributed by atoms with Crippen LogP contribution in [0.25, 0.3) is 28.1 Å². The van der Waals surface area contributed by atoms with E-state index >= 15 is 0 Å². The van der Waals surface area contributed by atoms with Crippen LogP contribution < -0.4 is 4.74 Å². The summed E-state index contributed by atoms with van der Waals surface area (Å²) >= 11 is 2.24. The van der Waals surface area contributed by atoms with Gasteiger partial charge >= 0.3 is 0 Å².